The molecule has 5 nitrogen and oxygen atoms in total. The minimum absolute atomic E-state index is 0.231. The van der Waals surface area contributed by atoms with Gasteiger partial charge in [0.1, 0.15) is 0 Å². The van der Waals surface area contributed by atoms with Crippen LogP contribution in [0.1, 0.15) is 35.3 Å². The van der Waals surface area contributed by atoms with Crippen LogP contribution in [0.25, 0.3) is 11.3 Å². The van der Waals surface area contributed by atoms with E-state index < -0.39 is 0 Å². The number of aryl methyl sites for hydroxylation is 2. The largest absolute Gasteiger partial charge is 0.372 e. The van der Waals surface area contributed by atoms with Crippen LogP contribution in [0.3, 0.4) is 0 Å². The predicted molar refractivity (Wildman–Crippen MR) is 131 cm³/mol. The Labute approximate surface area is 187 Å². The van der Waals surface area contributed by atoms with Gasteiger partial charge in [-0.2, -0.15) is 0 Å². The molecule has 2 N–H and O–H groups in total. The Hall–Kier alpha value is -2.77. The highest BCUT2D eigenvalue weighted by Gasteiger charge is 2.12. The summed E-state index contributed by atoms with van der Waals surface area (Å²) in [4.78, 5) is 19.3. The summed E-state index contributed by atoms with van der Waals surface area (Å²) in [5.74, 6) is -0.246. The van der Waals surface area contributed by atoms with Crippen LogP contribution in [0.4, 0.5) is 10.8 Å². The standard InChI is InChI=1S/C23H26N4OS2/c1-5-27(6-2)18-10-8-17(9-11-18)21(28)25-22(29)26-23-24-20(14-30-23)19-12-7-15(3)13-16(19)4/h7-14H,5-6H2,1-4H3,(H2,24,25,26,28,29). The molecule has 0 fully saturated rings. The van der Waals surface area contributed by atoms with Crippen molar-refractivity contribution in [2.24, 2.45) is 0 Å². The van der Waals surface area contributed by atoms with Crippen molar-refractivity contribution in [3.05, 3.63) is 64.5 Å². The van der Waals surface area contributed by atoms with Crippen LogP contribution in [0.15, 0.2) is 47.8 Å². The lowest BCUT2D eigenvalue weighted by molar-refractivity contribution is 0.0978. The molecule has 2 aromatic carbocycles. The van der Waals surface area contributed by atoms with E-state index in [1.165, 1.54) is 22.5 Å². The average Bonchev–Trinajstić information content (AvgIpc) is 3.17. The fourth-order valence-corrected chi connectivity index (χ4v) is 4.24. The van der Waals surface area contributed by atoms with Gasteiger partial charge in [-0.1, -0.05) is 23.8 Å². The van der Waals surface area contributed by atoms with Gasteiger partial charge in [-0.25, -0.2) is 4.98 Å². The first kappa shape index (κ1) is 21.9. The van der Waals surface area contributed by atoms with E-state index in [0.29, 0.717) is 10.7 Å². The molecule has 3 rings (SSSR count). The summed E-state index contributed by atoms with van der Waals surface area (Å²) in [5, 5.41) is 8.59. The van der Waals surface area contributed by atoms with E-state index in [0.717, 1.165) is 30.0 Å². The molecule has 0 spiro atoms. The smallest absolute Gasteiger partial charge is 0.257 e. The lowest BCUT2D eigenvalue weighted by atomic mass is 10.0. The second kappa shape index (κ2) is 9.82. The zero-order chi connectivity index (χ0) is 21.7. The SMILES string of the molecule is CCN(CC)c1ccc(C(=O)NC(=S)Nc2nc(-c3ccc(C)cc3C)cs2)cc1. The Balaban J connectivity index is 1.62. The van der Waals surface area contributed by atoms with Gasteiger partial charge in [0.2, 0.25) is 0 Å². The highest BCUT2D eigenvalue weighted by Crippen LogP contribution is 2.28. The number of anilines is 2. The number of amides is 1. The molecular formula is C23H26N4OS2. The summed E-state index contributed by atoms with van der Waals surface area (Å²) in [6.07, 6.45) is 0. The van der Waals surface area contributed by atoms with Crippen LogP contribution >= 0.6 is 23.6 Å². The van der Waals surface area contributed by atoms with Crippen molar-refractivity contribution in [2.45, 2.75) is 27.7 Å². The van der Waals surface area contributed by atoms with Crippen molar-refractivity contribution in [3.8, 4) is 11.3 Å². The average molecular weight is 439 g/mol. The molecule has 7 heteroatoms. The summed E-state index contributed by atoms with van der Waals surface area (Å²) in [5.41, 5.74) is 6.04. The Morgan fingerprint density at radius 1 is 1.10 bits per heavy atom. The third-order valence-electron chi connectivity index (χ3n) is 4.87. The van der Waals surface area contributed by atoms with E-state index in [9.17, 15) is 4.79 Å². The van der Waals surface area contributed by atoms with Gasteiger partial charge in [-0.15, -0.1) is 11.3 Å². The van der Waals surface area contributed by atoms with Crippen molar-refractivity contribution in [1.29, 1.82) is 0 Å². The van der Waals surface area contributed by atoms with Gasteiger partial charge >= 0.3 is 0 Å². The van der Waals surface area contributed by atoms with Gasteiger partial charge in [0.15, 0.2) is 10.2 Å². The Bertz CT molecular complexity index is 1040. The Morgan fingerprint density at radius 2 is 1.80 bits per heavy atom. The van der Waals surface area contributed by atoms with Gasteiger partial charge in [0.05, 0.1) is 5.69 Å². The zero-order valence-electron chi connectivity index (χ0n) is 17.7. The molecule has 30 heavy (non-hydrogen) atoms. The molecule has 1 amide bonds. The second-order valence-corrected chi connectivity index (χ2v) is 8.25. The summed E-state index contributed by atoms with van der Waals surface area (Å²) in [6, 6.07) is 13.8. The van der Waals surface area contributed by atoms with E-state index in [2.05, 4.69) is 66.4 Å². The summed E-state index contributed by atoms with van der Waals surface area (Å²) in [6.45, 7) is 10.2. The van der Waals surface area contributed by atoms with Gasteiger partial charge in [0.25, 0.3) is 5.91 Å². The highest BCUT2D eigenvalue weighted by molar-refractivity contribution is 7.80. The number of benzene rings is 2. The molecule has 3 aromatic rings. The van der Waals surface area contributed by atoms with Gasteiger partial charge in [-0.05, 0) is 69.7 Å². The lowest BCUT2D eigenvalue weighted by Crippen LogP contribution is -2.34. The molecule has 1 aromatic heterocycles. The second-order valence-electron chi connectivity index (χ2n) is 6.98. The molecule has 0 aliphatic rings. The van der Waals surface area contributed by atoms with E-state index in [4.69, 9.17) is 12.2 Å². The van der Waals surface area contributed by atoms with Crippen molar-refractivity contribution in [1.82, 2.24) is 10.3 Å². The quantitative estimate of drug-likeness (QED) is 0.505. The van der Waals surface area contributed by atoms with Crippen molar-refractivity contribution in [3.63, 3.8) is 0 Å². The maximum absolute atomic E-state index is 12.5. The van der Waals surface area contributed by atoms with Crippen LogP contribution in [0, 0.1) is 13.8 Å². The minimum atomic E-state index is -0.246. The maximum atomic E-state index is 12.5. The molecule has 0 saturated carbocycles. The Morgan fingerprint density at radius 3 is 2.43 bits per heavy atom. The van der Waals surface area contributed by atoms with Gasteiger partial charge < -0.3 is 10.2 Å². The molecule has 1 heterocycles. The van der Waals surface area contributed by atoms with Crippen molar-refractivity contribution in [2.75, 3.05) is 23.3 Å². The molecule has 0 bridgehead atoms. The molecular weight excluding hydrogens is 412 g/mol. The van der Waals surface area contributed by atoms with E-state index in [1.807, 2.05) is 29.6 Å². The van der Waals surface area contributed by atoms with Crippen molar-refractivity contribution < 1.29 is 4.79 Å². The Kier molecular flexibility index (Phi) is 7.18. The highest BCUT2D eigenvalue weighted by atomic mass is 32.1. The van der Waals surface area contributed by atoms with E-state index >= 15 is 0 Å². The molecule has 156 valence electrons. The normalized spacial score (nSPS) is 10.5. The first-order valence-electron chi connectivity index (χ1n) is 9.91. The van der Waals surface area contributed by atoms with E-state index in [-0.39, 0.29) is 11.0 Å². The summed E-state index contributed by atoms with van der Waals surface area (Å²) < 4.78 is 0. The maximum Gasteiger partial charge on any atom is 0.257 e. The molecule has 0 unspecified atom stereocenters. The first-order chi connectivity index (χ1) is 14.4. The lowest BCUT2D eigenvalue weighted by Gasteiger charge is -2.21. The zero-order valence-corrected chi connectivity index (χ0v) is 19.3. The van der Waals surface area contributed by atoms with Gasteiger partial charge in [0, 0.05) is 35.3 Å². The number of hydrogen-bond donors (Lipinski definition) is 2. The molecule has 0 saturated heterocycles. The summed E-state index contributed by atoms with van der Waals surface area (Å²) in [7, 11) is 0. The molecule has 0 radical (unpaired) electrons. The van der Waals surface area contributed by atoms with Crippen LogP contribution in [0.5, 0.6) is 0 Å². The number of hydrogen-bond acceptors (Lipinski definition) is 5. The van der Waals surface area contributed by atoms with Crippen LogP contribution in [-0.2, 0) is 0 Å². The number of thiocarbonyl (C=S) groups is 1. The molecule has 0 atom stereocenters. The number of aromatic nitrogens is 1. The number of thiazole rings is 1. The minimum Gasteiger partial charge on any atom is -0.372 e. The number of carbonyl (C=O) groups excluding carboxylic acids is 1. The van der Waals surface area contributed by atoms with Crippen molar-refractivity contribution >= 4 is 45.4 Å². The number of rotatable bonds is 6. The number of nitrogens with one attached hydrogen (secondary N) is 2. The van der Waals surface area contributed by atoms with Gasteiger partial charge in [-0.3, -0.25) is 10.1 Å². The fourth-order valence-electron chi connectivity index (χ4n) is 3.27. The predicted octanol–water partition coefficient (Wildman–Crippen LogP) is 5.40. The number of nitrogens with zero attached hydrogens (tertiary/aromatic N) is 2. The molecule has 0 aliphatic carbocycles. The summed E-state index contributed by atoms with van der Waals surface area (Å²) >= 11 is 6.75. The van der Waals surface area contributed by atoms with Crippen LogP contribution in [0.2, 0.25) is 0 Å². The number of carbonyl (C=O) groups is 1. The van der Waals surface area contributed by atoms with Crippen LogP contribution in [-0.4, -0.2) is 29.1 Å². The van der Waals surface area contributed by atoms with Crippen LogP contribution < -0.4 is 15.5 Å². The third kappa shape index (κ3) is 5.23. The molecule has 0 aliphatic heterocycles. The monoisotopic (exact) mass is 438 g/mol. The topological polar surface area (TPSA) is 57.3 Å². The third-order valence-corrected chi connectivity index (χ3v) is 5.83. The fraction of sp³-hybridized carbons (Fsp3) is 0.261. The van der Waals surface area contributed by atoms with E-state index in [1.54, 1.807) is 0 Å². The first-order valence-corrected chi connectivity index (χ1v) is 11.2.